The predicted octanol–water partition coefficient (Wildman–Crippen LogP) is 6.00. The number of nitrogens with one attached hydrogen (secondary N) is 2. The van der Waals surface area contributed by atoms with Gasteiger partial charge in [-0.2, -0.15) is 0 Å². The Morgan fingerprint density at radius 3 is 2.44 bits per heavy atom. The number of amides is 2. The summed E-state index contributed by atoms with van der Waals surface area (Å²) >= 11 is 0. The number of carboxylic acid groups (broad SMARTS) is 1. The van der Waals surface area contributed by atoms with Crippen LogP contribution < -0.4 is 10.1 Å². The second-order valence-corrected chi connectivity index (χ2v) is 10.8. The SMILES string of the molecule is CCOc1ccc(-c2nccc(CCCC(=N)N(CC)C(=O)NCc3ccc(C(C)(C)C)cc3)n2)cc1CC(=O)O. The van der Waals surface area contributed by atoms with Crippen LogP contribution in [0.15, 0.2) is 54.7 Å². The van der Waals surface area contributed by atoms with Crippen molar-refractivity contribution in [3.63, 3.8) is 0 Å². The van der Waals surface area contributed by atoms with Crippen LogP contribution in [0.25, 0.3) is 11.4 Å². The first kappa shape index (κ1) is 31.3. The van der Waals surface area contributed by atoms with E-state index in [9.17, 15) is 14.7 Å². The molecule has 218 valence electrons. The molecular formula is C32H41N5O4. The quantitative estimate of drug-likeness (QED) is 0.184. The number of aromatic nitrogens is 2. The van der Waals surface area contributed by atoms with Crippen LogP contribution in [-0.4, -0.2) is 51.0 Å². The Hall–Kier alpha value is -4.27. The molecule has 3 rings (SSSR count). The maximum absolute atomic E-state index is 12.8. The minimum Gasteiger partial charge on any atom is -0.494 e. The van der Waals surface area contributed by atoms with Gasteiger partial charge in [0.25, 0.3) is 0 Å². The lowest BCUT2D eigenvalue weighted by Crippen LogP contribution is -2.43. The summed E-state index contributed by atoms with van der Waals surface area (Å²) in [6.45, 7) is 11.5. The van der Waals surface area contributed by atoms with Crippen molar-refractivity contribution >= 4 is 17.8 Å². The van der Waals surface area contributed by atoms with E-state index < -0.39 is 5.97 Å². The molecule has 9 heteroatoms. The summed E-state index contributed by atoms with van der Waals surface area (Å²) in [5.41, 5.74) is 4.41. The number of carbonyl (C=O) groups excluding carboxylic acids is 1. The van der Waals surface area contributed by atoms with Crippen LogP contribution in [0.5, 0.6) is 5.75 Å². The zero-order chi connectivity index (χ0) is 30.0. The van der Waals surface area contributed by atoms with E-state index in [0.29, 0.717) is 61.7 Å². The number of aryl methyl sites for hydroxylation is 1. The molecule has 1 aromatic heterocycles. The minimum absolute atomic E-state index is 0.0734. The summed E-state index contributed by atoms with van der Waals surface area (Å²) < 4.78 is 5.57. The molecule has 0 aliphatic rings. The molecule has 0 atom stereocenters. The number of rotatable bonds is 12. The molecule has 0 aliphatic carbocycles. The zero-order valence-electron chi connectivity index (χ0n) is 24.7. The van der Waals surface area contributed by atoms with Gasteiger partial charge in [0.15, 0.2) is 5.82 Å². The van der Waals surface area contributed by atoms with Crippen molar-refractivity contribution in [3.8, 4) is 17.1 Å². The van der Waals surface area contributed by atoms with Crippen LogP contribution in [0.1, 0.15) is 69.8 Å². The third kappa shape index (κ3) is 9.13. The second-order valence-electron chi connectivity index (χ2n) is 10.8. The third-order valence-electron chi connectivity index (χ3n) is 6.67. The van der Waals surface area contributed by atoms with E-state index in [1.807, 2.05) is 38.1 Å². The normalized spacial score (nSPS) is 11.1. The first-order chi connectivity index (χ1) is 19.5. The first-order valence-corrected chi connectivity index (χ1v) is 14.0. The summed E-state index contributed by atoms with van der Waals surface area (Å²) in [6.07, 6.45) is 3.19. The Balaban J connectivity index is 1.56. The van der Waals surface area contributed by atoms with E-state index in [4.69, 9.17) is 10.1 Å². The van der Waals surface area contributed by atoms with Crippen molar-refractivity contribution in [3.05, 3.63) is 77.1 Å². The van der Waals surface area contributed by atoms with Crippen LogP contribution in [0.4, 0.5) is 4.79 Å². The predicted molar refractivity (Wildman–Crippen MR) is 160 cm³/mol. The van der Waals surface area contributed by atoms with E-state index in [1.54, 1.807) is 18.3 Å². The number of amidine groups is 1. The van der Waals surface area contributed by atoms with Gasteiger partial charge in [0.1, 0.15) is 11.6 Å². The Labute approximate surface area is 242 Å². The topological polar surface area (TPSA) is 128 Å². The highest BCUT2D eigenvalue weighted by Crippen LogP contribution is 2.26. The average molecular weight is 560 g/mol. The highest BCUT2D eigenvalue weighted by Gasteiger charge is 2.17. The fourth-order valence-electron chi connectivity index (χ4n) is 4.41. The number of carboxylic acids is 1. The Morgan fingerprint density at radius 2 is 1.80 bits per heavy atom. The lowest BCUT2D eigenvalue weighted by atomic mass is 9.87. The average Bonchev–Trinajstić information content (AvgIpc) is 2.93. The molecule has 9 nitrogen and oxygen atoms in total. The van der Waals surface area contributed by atoms with E-state index in [0.717, 1.165) is 11.3 Å². The van der Waals surface area contributed by atoms with E-state index >= 15 is 0 Å². The number of urea groups is 1. The number of carbonyl (C=O) groups is 2. The Morgan fingerprint density at radius 1 is 1.07 bits per heavy atom. The molecular weight excluding hydrogens is 518 g/mol. The molecule has 3 aromatic rings. The summed E-state index contributed by atoms with van der Waals surface area (Å²) in [4.78, 5) is 34.6. The smallest absolute Gasteiger partial charge is 0.323 e. The number of nitrogens with zero attached hydrogens (tertiary/aromatic N) is 3. The van der Waals surface area contributed by atoms with Crippen LogP contribution in [0.3, 0.4) is 0 Å². The van der Waals surface area contributed by atoms with Crippen molar-refractivity contribution in [1.82, 2.24) is 20.2 Å². The van der Waals surface area contributed by atoms with Crippen molar-refractivity contribution in [2.45, 2.75) is 72.3 Å². The molecule has 0 aliphatic heterocycles. The summed E-state index contributed by atoms with van der Waals surface area (Å²) in [5.74, 6) is 0.352. The molecule has 1 heterocycles. The van der Waals surface area contributed by atoms with E-state index in [-0.39, 0.29) is 23.7 Å². The van der Waals surface area contributed by atoms with Gasteiger partial charge < -0.3 is 15.2 Å². The Bertz CT molecular complexity index is 1350. The van der Waals surface area contributed by atoms with Crippen LogP contribution in [-0.2, 0) is 29.6 Å². The monoisotopic (exact) mass is 559 g/mol. The number of benzene rings is 2. The van der Waals surface area contributed by atoms with Gasteiger partial charge in [-0.25, -0.2) is 14.8 Å². The third-order valence-corrected chi connectivity index (χ3v) is 6.67. The molecule has 0 radical (unpaired) electrons. The minimum atomic E-state index is -0.940. The van der Waals surface area contributed by atoms with Gasteiger partial charge in [-0.3, -0.25) is 15.1 Å². The largest absolute Gasteiger partial charge is 0.494 e. The molecule has 0 spiro atoms. The zero-order valence-corrected chi connectivity index (χ0v) is 24.7. The van der Waals surface area contributed by atoms with Gasteiger partial charge in [0.05, 0.1) is 13.0 Å². The van der Waals surface area contributed by atoms with Crippen LogP contribution >= 0.6 is 0 Å². The number of hydrogen-bond acceptors (Lipinski definition) is 6. The standard InChI is InChI=1S/C32H41N5O4/c1-6-37(31(40)35-21-22-11-14-25(15-12-22)32(3,4)5)28(33)10-8-9-26-17-18-34-30(36-26)23-13-16-27(41-7-2)24(19-23)20-29(38)39/h11-19,33H,6-10,20-21H2,1-5H3,(H,35,40)(H,38,39). The molecule has 2 aromatic carbocycles. The fourth-order valence-corrected chi connectivity index (χ4v) is 4.41. The first-order valence-electron chi connectivity index (χ1n) is 14.0. The number of aliphatic carboxylic acids is 1. The van der Waals surface area contributed by atoms with Gasteiger partial charge in [-0.05, 0) is 67.5 Å². The Kier molecular flexibility index (Phi) is 11.0. The highest BCUT2D eigenvalue weighted by atomic mass is 16.5. The number of ether oxygens (including phenoxy) is 1. The summed E-state index contributed by atoms with van der Waals surface area (Å²) in [6, 6.07) is 15.1. The van der Waals surface area contributed by atoms with E-state index in [1.165, 1.54) is 10.5 Å². The van der Waals surface area contributed by atoms with Gasteiger partial charge in [0.2, 0.25) is 0 Å². The van der Waals surface area contributed by atoms with Crippen molar-refractivity contribution in [1.29, 1.82) is 5.41 Å². The maximum Gasteiger partial charge on any atom is 0.323 e. The summed E-state index contributed by atoms with van der Waals surface area (Å²) in [5, 5.41) is 20.7. The number of hydrogen-bond donors (Lipinski definition) is 3. The van der Waals surface area contributed by atoms with Gasteiger partial charge >= 0.3 is 12.0 Å². The van der Waals surface area contributed by atoms with Crippen molar-refractivity contribution < 1.29 is 19.4 Å². The molecule has 2 amide bonds. The van der Waals surface area contributed by atoms with Crippen LogP contribution in [0.2, 0.25) is 0 Å². The van der Waals surface area contributed by atoms with Gasteiger partial charge in [-0.1, -0.05) is 45.0 Å². The molecule has 0 bridgehead atoms. The van der Waals surface area contributed by atoms with Gasteiger partial charge in [0, 0.05) is 42.5 Å². The van der Waals surface area contributed by atoms with Crippen molar-refractivity contribution in [2.24, 2.45) is 0 Å². The second kappa shape index (κ2) is 14.4. The molecule has 41 heavy (non-hydrogen) atoms. The van der Waals surface area contributed by atoms with E-state index in [2.05, 4.69) is 48.2 Å². The van der Waals surface area contributed by atoms with Crippen molar-refractivity contribution in [2.75, 3.05) is 13.2 Å². The molecule has 0 saturated carbocycles. The molecule has 0 saturated heterocycles. The fraction of sp³-hybridized carbons (Fsp3) is 0.406. The molecule has 0 fully saturated rings. The lowest BCUT2D eigenvalue weighted by molar-refractivity contribution is -0.136. The summed E-state index contributed by atoms with van der Waals surface area (Å²) in [7, 11) is 0. The highest BCUT2D eigenvalue weighted by molar-refractivity contribution is 5.95. The van der Waals surface area contributed by atoms with Crippen LogP contribution in [0, 0.1) is 5.41 Å². The molecule has 3 N–H and O–H groups in total. The van der Waals surface area contributed by atoms with Gasteiger partial charge in [-0.15, -0.1) is 0 Å². The maximum atomic E-state index is 12.8. The lowest BCUT2D eigenvalue weighted by Gasteiger charge is -2.22. The molecule has 0 unspecified atom stereocenters.